The average molecular weight is 287 g/mol. The third-order valence-corrected chi connectivity index (χ3v) is 3.68. The van der Waals surface area contributed by atoms with Crippen LogP contribution in [-0.2, 0) is 13.0 Å². The number of aliphatic hydroxyl groups is 1. The van der Waals surface area contributed by atoms with Crippen molar-refractivity contribution in [1.82, 2.24) is 14.8 Å². The van der Waals surface area contributed by atoms with Crippen molar-refractivity contribution in [3.8, 4) is 0 Å². The molecule has 2 rings (SSSR count). The predicted octanol–water partition coefficient (Wildman–Crippen LogP) is 3.14. The minimum absolute atomic E-state index is 0.497. The van der Waals surface area contributed by atoms with E-state index in [2.05, 4.69) is 56.8 Å². The second-order valence-corrected chi connectivity index (χ2v) is 6.28. The highest BCUT2D eigenvalue weighted by molar-refractivity contribution is 5.39. The van der Waals surface area contributed by atoms with Gasteiger partial charge in [0.2, 0.25) is 0 Å². The highest BCUT2D eigenvalue weighted by Gasteiger charge is 2.17. The van der Waals surface area contributed by atoms with Crippen molar-refractivity contribution in [3.63, 3.8) is 0 Å². The smallest absolute Gasteiger partial charge is 0.138 e. The molecule has 0 spiro atoms. The van der Waals surface area contributed by atoms with Crippen LogP contribution in [0.5, 0.6) is 0 Å². The summed E-state index contributed by atoms with van der Waals surface area (Å²) in [7, 11) is 0. The van der Waals surface area contributed by atoms with Crippen molar-refractivity contribution in [1.29, 1.82) is 0 Å². The fourth-order valence-electron chi connectivity index (χ4n) is 2.94. The molecule has 0 bridgehead atoms. The van der Waals surface area contributed by atoms with Crippen LogP contribution in [0.1, 0.15) is 48.0 Å². The molecule has 0 aliphatic rings. The van der Waals surface area contributed by atoms with Crippen molar-refractivity contribution < 1.29 is 5.11 Å². The van der Waals surface area contributed by atoms with E-state index in [4.69, 9.17) is 0 Å². The van der Waals surface area contributed by atoms with Gasteiger partial charge in [0.15, 0.2) is 0 Å². The van der Waals surface area contributed by atoms with Gasteiger partial charge in [0.25, 0.3) is 0 Å². The summed E-state index contributed by atoms with van der Waals surface area (Å²) in [6.07, 6.45) is 1.53. The maximum atomic E-state index is 10.6. The van der Waals surface area contributed by atoms with E-state index in [1.165, 1.54) is 5.56 Å². The van der Waals surface area contributed by atoms with Crippen molar-refractivity contribution in [2.75, 3.05) is 0 Å². The molecule has 2 aromatic rings. The van der Waals surface area contributed by atoms with Crippen molar-refractivity contribution in [2.45, 2.75) is 53.7 Å². The van der Waals surface area contributed by atoms with Gasteiger partial charge in [0.05, 0.1) is 6.10 Å². The van der Waals surface area contributed by atoms with E-state index >= 15 is 0 Å². The first-order valence-electron chi connectivity index (χ1n) is 7.51. The Bertz CT molecular complexity index is 593. The molecule has 4 heteroatoms. The lowest BCUT2D eigenvalue weighted by Crippen LogP contribution is -2.14. The molecule has 0 saturated heterocycles. The van der Waals surface area contributed by atoms with Crippen LogP contribution < -0.4 is 0 Å². The number of benzene rings is 1. The Morgan fingerprint density at radius 2 is 1.76 bits per heavy atom. The second kappa shape index (κ2) is 6.39. The Labute approximate surface area is 126 Å². The predicted molar refractivity (Wildman–Crippen MR) is 84.2 cm³/mol. The van der Waals surface area contributed by atoms with Crippen LogP contribution in [0.2, 0.25) is 0 Å². The number of aromatic nitrogens is 3. The molecular weight excluding hydrogens is 262 g/mol. The van der Waals surface area contributed by atoms with Gasteiger partial charge >= 0.3 is 0 Å². The lowest BCUT2D eigenvalue weighted by atomic mass is 9.94. The van der Waals surface area contributed by atoms with Gasteiger partial charge in [0.1, 0.15) is 12.2 Å². The third kappa shape index (κ3) is 3.70. The van der Waals surface area contributed by atoms with E-state index in [-0.39, 0.29) is 0 Å². The summed E-state index contributed by atoms with van der Waals surface area (Å²) in [6, 6.07) is 4.23. The summed E-state index contributed by atoms with van der Waals surface area (Å²) in [4.78, 5) is 4.30. The van der Waals surface area contributed by atoms with Gasteiger partial charge in [-0.25, -0.2) is 9.67 Å². The summed E-state index contributed by atoms with van der Waals surface area (Å²) < 4.78 is 1.90. The zero-order chi connectivity index (χ0) is 15.6. The van der Waals surface area contributed by atoms with Gasteiger partial charge < -0.3 is 5.11 Å². The number of aliphatic hydroxyl groups excluding tert-OH is 1. The first-order chi connectivity index (χ1) is 9.88. The van der Waals surface area contributed by atoms with E-state index in [9.17, 15) is 5.11 Å². The molecule has 1 unspecified atom stereocenters. The number of aryl methyl sites for hydroxylation is 3. The number of hydrogen-bond acceptors (Lipinski definition) is 3. The van der Waals surface area contributed by atoms with Crippen LogP contribution in [0, 0.1) is 26.7 Å². The molecule has 1 heterocycles. The minimum Gasteiger partial charge on any atom is -0.388 e. The van der Waals surface area contributed by atoms with Gasteiger partial charge in [0, 0.05) is 13.0 Å². The normalized spacial score (nSPS) is 12.9. The first-order valence-corrected chi connectivity index (χ1v) is 7.51. The van der Waals surface area contributed by atoms with Gasteiger partial charge in [-0.05, 0) is 43.4 Å². The Kier molecular flexibility index (Phi) is 4.78. The lowest BCUT2D eigenvalue weighted by Gasteiger charge is -2.18. The van der Waals surface area contributed by atoms with Crippen LogP contribution in [0.3, 0.4) is 0 Å². The highest BCUT2D eigenvalue weighted by Crippen LogP contribution is 2.26. The van der Waals surface area contributed by atoms with E-state index in [1.807, 2.05) is 4.68 Å². The number of hydrogen-bond donors (Lipinski definition) is 1. The Morgan fingerprint density at radius 1 is 1.14 bits per heavy atom. The summed E-state index contributed by atoms with van der Waals surface area (Å²) in [6.45, 7) is 11.3. The molecule has 0 saturated carbocycles. The Morgan fingerprint density at radius 3 is 2.33 bits per heavy atom. The third-order valence-electron chi connectivity index (χ3n) is 3.68. The van der Waals surface area contributed by atoms with Gasteiger partial charge in [-0.2, -0.15) is 5.10 Å². The van der Waals surface area contributed by atoms with Crippen LogP contribution in [0.15, 0.2) is 18.5 Å². The molecule has 0 amide bonds. The fraction of sp³-hybridized carbons (Fsp3) is 0.529. The van der Waals surface area contributed by atoms with E-state index in [1.54, 1.807) is 6.33 Å². The highest BCUT2D eigenvalue weighted by atomic mass is 16.3. The molecule has 1 atom stereocenters. The molecular formula is C17H25N3O. The van der Waals surface area contributed by atoms with Crippen LogP contribution in [-0.4, -0.2) is 19.9 Å². The summed E-state index contributed by atoms with van der Waals surface area (Å²) >= 11 is 0. The quantitative estimate of drug-likeness (QED) is 0.919. The van der Waals surface area contributed by atoms with Gasteiger partial charge in [-0.3, -0.25) is 0 Å². The van der Waals surface area contributed by atoms with E-state index in [0.717, 1.165) is 29.1 Å². The van der Waals surface area contributed by atoms with Gasteiger partial charge in [-0.15, -0.1) is 0 Å². The zero-order valence-corrected chi connectivity index (χ0v) is 13.6. The molecule has 4 nitrogen and oxygen atoms in total. The summed E-state index contributed by atoms with van der Waals surface area (Å²) in [5.74, 6) is 1.35. The largest absolute Gasteiger partial charge is 0.388 e. The SMILES string of the molecule is Cc1cc(C)c(C(O)Cc2ncnn2CC(C)C)c(C)c1. The molecule has 1 aromatic carbocycles. The number of rotatable bonds is 5. The average Bonchev–Trinajstić information content (AvgIpc) is 2.74. The molecule has 1 aromatic heterocycles. The fourth-order valence-corrected chi connectivity index (χ4v) is 2.94. The lowest BCUT2D eigenvalue weighted by molar-refractivity contribution is 0.172. The van der Waals surface area contributed by atoms with Crippen molar-refractivity contribution >= 4 is 0 Å². The standard InChI is InChI=1S/C17H25N3O/c1-11(2)9-20-16(18-10-19-20)8-15(21)17-13(4)6-12(3)7-14(17)5/h6-7,10-11,15,21H,8-9H2,1-5H3. The van der Waals surface area contributed by atoms with Crippen LogP contribution in [0.4, 0.5) is 0 Å². The first kappa shape index (κ1) is 15.7. The van der Waals surface area contributed by atoms with Crippen molar-refractivity contribution in [2.24, 2.45) is 5.92 Å². The molecule has 114 valence electrons. The van der Waals surface area contributed by atoms with E-state index in [0.29, 0.717) is 12.3 Å². The zero-order valence-electron chi connectivity index (χ0n) is 13.6. The Balaban J connectivity index is 2.23. The molecule has 0 aliphatic carbocycles. The molecule has 0 fully saturated rings. The minimum atomic E-state index is -0.541. The molecule has 0 radical (unpaired) electrons. The van der Waals surface area contributed by atoms with E-state index < -0.39 is 6.10 Å². The molecule has 21 heavy (non-hydrogen) atoms. The van der Waals surface area contributed by atoms with Crippen LogP contribution >= 0.6 is 0 Å². The summed E-state index contributed by atoms with van der Waals surface area (Å²) in [5.41, 5.74) is 4.51. The van der Waals surface area contributed by atoms with Crippen molar-refractivity contribution in [3.05, 3.63) is 46.5 Å². The van der Waals surface area contributed by atoms with Gasteiger partial charge in [-0.1, -0.05) is 31.5 Å². The summed E-state index contributed by atoms with van der Waals surface area (Å²) in [5, 5.41) is 14.9. The second-order valence-electron chi connectivity index (χ2n) is 6.28. The van der Waals surface area contributed by atoms with Crippen LogP contribution in [0.25, 0.3) is 0 Å². The maximum Gasteiger partial charge on any atom is 0.138 e. The monoisotopic (exact) mass is 287 g/mol. The number of nitrogens with zero attached hydrogens (tertiary/aromatic N) is 3. The Hall–Kier alpha value is -1.68. The molecule has 0 aliphatic heterocycles. The maximum absolute atomic E-state index is 10.6. The molecule has 1 N–H and O–H groups in total. The topological polar surface area (TPSA) is 50.9 Å².